The van der Waals surface area contributed by atoms with Crippen LogP contribution < -0.4 is 5.32 Å². The number of benzene rings is 2. The predicted molar refractivity (Wildman–Crippen MR) is 87.5 cm³/mol. The molecule has 0 radical (unpaired) electrons. The van der Waals surface area contributed by atoms with Gasteiger partial charge >= 0.3 is 0 Å². The van der Waals surface area contributed by atoms with Crippen molar-refractivity contribution in [3.63, 3.8) is 0 Å². The molecule has 110 valence electrons. The Morgan fingerprint density at radius 2 is 1.52 bits per heavy atom. The molecular formula is C19H23NO. The van der Waals surface area contributed by atoms with E-state index in [1.165, 1.54) is 11.1 Å². The number of hydrogen-bond donors (Lipinski definition) is 1. The fourth-order valence-corrected chi connectivity index (χ4v) is 2.20. The molecule has 0 bridgehead atoms. The Kier molecular flexibility index (Phi) is 5.15. The van der Waals surface area contributed by atoms with Gasteiger partial charge < -0.3 is 5.32 Å². The number of rotatable bonds is 5. The molecule has 0 unspecified atom stereocenters. The zero-order valence-corrected chi connectivity index (χ0v) is 13.0. The standard InChI is InChI=1S/C19H23NO/c1-4-15-5-7-16(8-6-15)13-20-19(21)18-11-9-17(10-12-18)14(2)3/h5-12,14H,4,13H2,1-3H3,(H,20,21). The topological polar surface area (TPSA) is 29.1 Å². The first-order valence-electron chi connectivity index (χ1n) is 7.56. The molecule has 2 nitrogen and oxygen atoms in total. The van der Waals surface area contributed by atoms with Gasteiger partial charge in [0.1, 0.15) is 0 Å². The Morgan fingerprint density at radius 3 is 2.05 bits per heavy atom. The lowest BCUT2D eigenvalue weighted by Gasteiger charge is -2.08. The van der Waals surface area contributed by atoms with Crippen LogP contribution in [0.2, 0.25) is 0 Å². The highest BCUT2D eigenvalue weighted by Crippen LogP contribution is 2.14. The van der Waals surface area contributed by atoms with Gasteiger partial charge in [-0.15, -0.1) is 0 Å². The summed E-state index contributed by atoms with van der Waals surface area (Å²) in [6.45, 7) is 7.00. The maximum absolute atomic E-state index is 12.1. The first kappa shape index (κ1) is 15.3. The van der Waals surface area contributed by atoms with E-state index in [0.717, 1.165) is 12.0 Å². The monoisotopic (exact) mass is 281 g/mol. The van der Waals surface area contributed by atoms with Gasteiger partial charge in [-0.1, -0.05) is 57.2 Å². The summed E-state index contributed by atoms with van der Waals surface area (Å²) in [6.07, 6.45) is 1.04. The lowest BCUT2D eigenvalue weighted by atomic mass is 10.0. The van der Waals surface area contributed by atoms with Crippen molar-refractivity contribution in [3.8, 4) is 0 Å². The SMILES string of the molecule is CCc1ccc(CNC(=O)c2ccc(C(C)C)cc2)cc1. The summed E-state index contributed by atoms with van der Waals surface area (Å²) < 4.78 is 0. The molecule has 0 saturated heterocycles. The summed E-state index contributed by atoms with van der Waals surface area (Å²) in [5.41, 5.74) is 4.40. The quantitative estimate of drug-likeness (QED) is 0.869. The number of aryl methyl sites for hydroxylation is 1. The molecule has 2 heteroatoms. The Hall–Kier alpha value is -2.09. The van der Waals surface area contributed by atoms with E-state index in [4.69, 9.17) is 0 Å². The second kappa shape index (κ2) is 7.07. The largest absolute Gasteiger partial charge is 0.348 e. The molecule has 0 saturated carbocycles. The van der Waals surface area contributed by atoms with Gasteiger partial charge in [-0.25, -0.2) is 0 Å². The van der Waals surface area contributed by atoms with E-state index in [2.05, 4.69) is 50.4 Å². The molecule has 0 spiro atoms. The zero-order valence-electron chi connectivity index (χ0n) is 13.0. The van der Waals surface area contributed by atoms with E-state index >= 15 is 0 Å². The number of nitrogens with one attached hydrogen (secondary N) is 1. The molecule has 0 fully saturated rings. The Balaban J connectivity index is 1.94. The van der Waals surface area contributed by atoms with Crippen molar-refractivity contribution in [1.29, 1.82) is 0 Å². The lowest BCUT2D eigenvalue weighted by molar-refractivity contribution is 0.0951. The van der Waals surface area contributed by atoms with Gasteiger partial charge in [0.25, 0.3) is 5.91 Å². The average Bonchev–Trinajstić information content (AvgIpc) is 2.53. The van der Waals surface area contributed by atoms with Crippen LogP contribution in [0.3, 0.4) is 0 Å². The fraction of sp³-hybridized carbons (Fsp3) is 0.316. The Morgan fingerprint density at radius 1 is 0.952 bits per heavy atom. The summed E-state index contributed by atoms with van der Waals surface area (Å²) in [6, 6.07) is 16.2. The van der Waals surface area contributed by atoms with Crippen LogP contribution in [0.5, 0.6) is 0 Å². The van der Waals surface area contributed by atoms with E-state index in [-0.39, 0.29) is 5.91 Å². The minimum absolute atomic E-state index is 0.0233. The molecule has 0 aliphatic heterocycles. The van der Waals surface area contributed by atoms with Crippen LogP contribution in [0.15, 0.2) is 48.5 Å². The summed E-state index contributed by atoms with van der Waals surface area (Å²) in [5, 5.41) is 2.96. The molecule has 21 heavy (non-hydrogen) atoms. The van der Waals surface area contributed by atoms with Crippen LogP contribution in [0.4, 0.5) is 0 Å². The van der Waals surface area contributed by atoms with Crippen LogP contribution in [-0.2, 0) is 13.0 Å². The molecule has 0 heterocycles. The molecule has 2 rings (SSSR count). The summed E-state index contributed by atoms with van der Waals surface area (Å²) in [7, 11) is 0. The maximum Gasteiger partial charge on any atom is 0.251 e. The number of carbonyl (C=O) groups is 1. The Bertz CT molecular complexity index is 582. The van der Waals surface area contributed by atoms with Crippen molar-refractivity contribution in [2.75, 3.05) is 0 Å². The van der Waals surface area contributed by atoms with Gasteiger partial charge in [0, 0.05) is 12.1 Å². The zero-order chi connectivity index (χ0) is 15.2. The first-order valence-corrected chi connectivity index (χ1v) is 7.56. The van der Waals surface area contributed by atoms with Crippen molar-refractivity contribution in [1.82, 2.24) is 5.32 Å². The van der Waals surface area contributed by atoms with E-state index in [9.17, 15) is 4.79 Å². The van der Waals surface area contributed by atoms with E-state index in [1.54, 1.807) is 0 Å². The van der Waals surface area contributed by atoms with E-state index < -0.39 is 0 Å². The number of hydrogen-bond acceptors (Lipinski definition) is 1. The smallest absolute Gasteiger partial charge is 0.251 e. The molecule has 0 atom stereocenters. The van der Waals surface area contributed by atoms with Crippen LogP contribution in [0.25, 0.3) is 0 Å². The molecule has 2 aromatic carbocycles. The van der Waals surface area contributed by atoms with Gasteiger partial charge in [-0.3, -0.25) is 4.79 Å². The first-order chi connectivity index (χ1) is 10.1. The minimum Gasteiger partial charge on any atom is -0.348 e. The van der Waals surface area contributed by atoms with Gasteiger partial charge in [0.15, 0.2) is 0 Å². The van der Waals surface area contributed by atoms with Gasteiger partial charge in [0.05, 0.1) is 0 Å². The van der Waals surface area contributed by atoms with Gasteiger partial charge in [-0.05, 0) is 41.2 Å². The summed E-state index contributed by atoms with van der Waals surface area (Å²) >= 11 is 0. The average molecular weight is 281 g/mol. The molecule has 0 aromatic heterocycles. The number of carbonyl (C=O) groups excluding carboxylic acids is 1. The number of amides is 1. The van der Waals surface area contributed by atoms with Crippen molar-refractivity contribution in [2.45, 2.75) is 39.7 Å². The maximum atomic E-state index is 12.1. The highest BCUT2D eigenvalue weighted by atomic mass is 16.1. The van der Waals surface area contributed by atoms with E-state index in [1.807, 2.05) is 24.3 Å². The second-order valence-corrected chi connectivity index (χ2v) is 5.63. The summed E-state index contributed by atoms with van der Waals surface area (Å²) in [5.74, 6) is 0.462. The van der Waals surface area contributed by atoms with Crippen molar-refractivity contribution in [2.24, 2.45) is 0 Å². The van der Waals surface area contributed by atoms with Crippen LogP contribution in [-0.4, -0.2) is 5.91 Å². The molecule has 0 aliphatic rings. The lowest BCUT2D eigenvalue weighted by Crippen LogP contribution is -2.22. The normalized spacial score (nSPS) is 10.7. The molecule has 2 aromatic rings. The second-order valence-electron chi connectivity index (χ2n) is 5.63. The van der Waals surface area contributed by atoms with E-state index in [0.29, 0.717) is 18.0 Å². The molecule has 1 N–H and O–H groups in total. The third kappa shape index (κ3) is 4.19. The fourth-order valence-electron chi connectivity index (χ4n) is 2.20. The van der Waals surface area contributed by atoms with Crippen LogP contribution >= 0.6 is 0 Å². The van der Waals surface area contributed by atoms with Crippen LogP contribution in [0, 0.1) is 0 Å². The van der Waals surface area contributed by atoms with Crippen LogP contribution in [0.1, 0.15) is 53.7 Å². The van der Waals surface area contributed by atoms with Gasteiger partial charge in [0.2, 0.25) is 0 Å². The van der Waals surface area contributed by atoms with Crippen molar-refractivity contribution >= 4 is 5.91 Å². The van der Waals surface area contributed by atoms with Crippen molar-refractivity contribution in [3.05, 3.63) is 70.8 Å². The summed E-state index contributed by atoms with van der Waals surface area (Å²) in [4.78, 5) is 12.1. The van der Waals surface area contributed by atoms with Gasteiger partial charge in [-0.2, -0.15) is 0 Å². The molecule has 1 amide bonds. The third-order valence-electron chi connectivity index (χ3n) is 3.72. The predicted octanol–water partition coefficient (Wildman–Crippen LogP) is 4.30. The van der Waals surface area contributed by atoms with Crippen molar-refractivity contribution < 1.29 is 4.79 Å². The Labute approximate surface area is 127 Å². The highest BCUT2D eigenvalue weighted by molar-refractivity contribution is 5.94. The third-order valence-corrected chi connectivity index (χ3v) is 3.72. The minimum atomic E-state index is -0.0233. The molecular weight excluding hydrogens is 258 g/mol. The highest BCUT2D eigenvalue weighted by Gasteiger charge is 2.06. The molecule has 0 aliphatic carbocycles.